The second-order valence-corrected chi connectivity index (χ2v) is 5.50. The first-order valence-electron chi connectivity index (χ1n) is 5.92. The van der Waals surface area contributed by atoms with Gasteiger partial charge >= 0.3 is 0 Å². The van der Waals surface area contributed by atoms with Gasteiger partial charge in [0.2, 0.25) is 0 Å². The molecule has 0 aliphatic heterocycles. The summed E-state index contributed by atoms with van der Waals surface area (Å²) in [5.74, 6) is 0. The summed E-state index contributed by atoms with van der Waals surface area (Å²) in [6, 6.07) is 3.95. The van der Waals surface area contributed by atoms with Crippen molar-refractivity contribution in [3.63, 3.8) is 0 Å². The summed E-state index contributed by atoms with van der Waals surface area (Å²) in [5.41, 5.74) is 9.72. The van der Waals surface area contributed by atoms with E-state index in [0.717, 1.165) is 24.1 Å². The minimum atomic E-state index is 0.109. The average molecular weight is 269 g/mol. The van der Waals surface area contributed by atoms with Gasteiger partial charge in [-0.1, -0.05) is 29.6 Å². The second-order valence-electron chi connectivity index (χ2n) is 4.68. The van der Waals surface area contributed by atoms with Crippen LogP contribution in [0.3, 0.4) is 0 Å². The van der Waals surface area contributed by atoms with Crippen molar-refractivity contribution in [3.05, 3.63) is 33.4 Å². The van der Waals surface area contributed by atoms with Crippen LogP contribution < -0.4 is 5.73 Å². The normalized spacial score (nSPS) is 20.3. The van der Waals surface area contributed by atoms with Crippen LogP contribution in [0, 0.1) is 0 Å². The van der Waals surface area contributed by atoms with Crippen LogP contribution in [0.25, 0.3) is 10.9 Å². The Kier molecular flexibility index (Phi) is 2.81. The Morgan fingerprint density at radius 3 is 2.76 bits per heavy atom. The highest BCUT2D eigenvalue weighted by atomic mass is 35.5. The molecule has 2 aromatic rings. The highest BCUT2D eigenvalue weighted by Gasteiger charge is 2.20. The van der Waals surface area contributed by atoms with Gasteiger partial charge in [-0.2, -0.15) is 0 Å². The van der Waals surface area contributed by atoms with Gasteiger partial charge in [0.25, 0.3) is 0 Å². The SMILES string of the molecule is NC1CCCCc2c1[nH]c1cc(Cl)c(Cl)cc21. The van der Waals surface area contributed by atoms with Gasteiger partial charge in [-0.25, -0.2) is 0 Å². The standard InChI is InChI=1S/C13H14Cl2N2/c14-9-5-8-7-3-1-2-4-11(16)13(7)17-12(8)6-10(9)15/h5-6,11,17H,1-4,16H2. The van der Waals surface area contributed by atoms with E-state index in [-0.39, 0.29) is 6.04 Å². The minimum absolute atomic E-state index is 0.109. The Labute approximate surface area is 110 Å². The van der Waals surface area contributed by atoms with Crippen molar-refractivity contribution >= 4 is 34.1 Å². The third-order valence-electron chi connectivity index (χ3n) is 3.54. The van der Waals surface area contributed by atoms with E-state index in [0.29, 0.717) is 10.0 Å². The van der Waals surface area contributed by atoms with E-state index in [1.54, 1.807) is 0 Å². The van der Waals surface area contributed by atoms with Crippen LogP contribution in [0.1, 0.15) is 36.6 Å². The predicted octanol–water partition coefficient (Wildman–Crippen LogP) is 4.20. The summed E-state index contributed by atoms with van der Waals surface area (Å²) >= 11 is 12.1. The van der Waals surface area contributed by atoms with Crippen LogP contribution in [-0.4, -0.2) is 4.98 Å². The summed E-state index contributed by atoms with van der Waals surface area (Å²) in [6.07, 6.45) is 4.49. The zero-order chi connectivity index (χ0) is 12.0. The quantitative estimate of drug-likeness (QED) is 0.691. The van der Waals surface area contributed by atoms with Crippen LogP contribution in [-0.2, 0) is 6.42 Å². The lowest BCUT2D eigenvalue weighted by Gasteiger charge is -2.07. The fourth-order valence-electron chi connectivity index (χ4n) is 2.66. The molecule has 0 saturated carbocycles. The molecule has 1 heterocycles. The number of halogens is 2. The smallest absolute Gasteiger partial charge is 0.0613 e. The molecule has 1 aliphatic carbocycles. The lowest BCUT2D eigenvalue weighted by Crippen LogP contribution is -2.10. The Hall–Kier alpha value is -0.700. The van der Waals surface area contributed by atoms with E-state index in [9.17, 15) is 0 Å². The zero-order valence-electron chi connectivity index (χ0n) is 9.39. The maximum absolute atomic E-state index is 6.19. The summed E-state index contributed by atoms with van der Waals surface area (Å²) in [6.45, 7) is 0. The van der Waals surface area contributed by atoms with E-state index in [4.69, 9.17) is 28.9 Å². The zero-order valence-corrected chi connectivity index (χ0v) is 10.9. The number of H-pyrrole nitrogens is 1. The number of benzene rings is 1. The summed E-state index contributed by atoms with van der Waals surface area (Å²) in [5, 5.41) is 2.37. The molecular formula is C13H14Cl2N2. The fourth-order valence-corrected chi connectivity index (χ4v) is 2.99. The Bertz CT molecular complexity index is 574. The van der Waals surface area contributed by atoms with Crippen molar-refractivity contribution in [2.24, 2.45) is 5.73 Å². The Morgan fingerprint density at radius 1 is 1.18 bits per heavy atom. The number of fused-ring (bicyclic) bond motifs is 3. The minimum Gasteiger partial charge on any atom is -0.357 e. The third-order valence-corrected chi connectivity index (χ3v) is 4.26. The molecule has 0 spiro atoms. The molecule has 90 valence electrons. The lowest BCUT2D eigenvalue weighted by atomic mass is 10.1. The van der Waals surface area contributed by atoms with Crippen molar-refractivity contribution in [3.8, 4) is 0 Å². The molecule has 1 aromatic heterocycles. The van der Waals surface area contributed by atoms with Crippen molar-refractivity contribution < 1.29 is 0 Å². The van der Waals surface area contributed by atoms with Crippen LogP contribution in [0.2, 0.25) is 10.0 Å². The van der Waals surface area contributed by atoms with Crippen LogP contribution >= 0.6 is 23.2 Å². The molecule has 0 amide bonds. The van der Waals surface area contributed by atoms with E-state index in [1.807, 2.05) is 12.1 Å². The first kappa shape index (κ1) is 11.4. The van der Waals surface area contributed by atoms with E-state index in [2.05, 4.69) is 4.98 Å². The summed E-state index contributed by atoms with van der Waals surface area (Å²) in [4.78, 5) is 3.41. The van der Waals surface area contributed by atoms with Crippen molar-refractivity contribution in [1.82, 2.24) is 4.98 Å². The maximum Gasteiger partial charge on any atom is 0.0613 e. The van der Waals surface area contributed by atoms with Gasteiger partial charge in [0.15, 0.2) is 0 Å². The average Bonchev–Trinajstić information content (AvgIpc) is 2.53. The first-order chi connectivity index (χ1) is 8.16. The van der Waals surface area contributed by atoms with Crippen LogP contribution in [0.4, 0.5) is 0 Å². The number of aromatic nitrogens is 1. The van der Waals surface area contributed by atoms with Gasteiger partial charge in [0.05, 0.1) is 10.0 Å². The molecule has 4 heteroatoms. The first-order valence-corrected chi connectivity index (χ1v) is 6.67. The fraction of sp³-hybridized carbons (Fsp3) is 0.385. The van der Waals surface area contributed by atoms with Crippen molar-refractivity contribution in [1.29, 1.82) is 0 Å². The predicted molar refractivity (Wildman–Crippen MR) is 72.8 cm³/mol. The molecule has 0 fully saturated rings. The number of rotatable bonds is 0. The van der Waals surface area contributed by atoms with Crippen molar-refractivity contribution in [2.75, 3.05) is 0 Å². The van der Waals surface area contributed by atoms with Gasteiger partial charge < -0.3 is 10.7 Å². The second kappa shape index (κ2) is 4.20. The number of aryl methyl sites for hydroxylation is 1. The monoisotopic (exact) mass is 268 g/mol. The van der Waals surface area contributed by atoms with Crippen LogP contribution in [0.5, 0.6) is 0 Å². The van der Waals surface area contributed by atoms with Gasteiger partial charge in [0, 0.05) is 22.6 Å². The molecule has 0 bridgehead atoms. The Morgan fingerprint density at radius 2 is 1.94 bits per heavy atom. The van der Waals surface area contributed by atoms with Gasteiger partial charge in [0.1, 0.15) is 0 Å². The molecule has 3 N–H and O–H groups in total. The highest BCUT2D eigenvalue weighted by molar-refractivity contribution is 6.42. The number of nitrogens with one attached hydrogen (secondary N) is 1. The Balaban J connectivity index is 2.27. The lowest BCUT2D eigenvalue weighted by molar-refractivity contribution is 0.606. The molecule has 1 aliphatic rings. The van der Waals surface area contributed by atoms with Gasteiger partial charge in [-0.3, -0.25) is 0 Å². The van der Waals surface area contributed by atoms with E-state index < -0.39 is 0 Å². The number of nitrogens with two attached hydrogens (primary N) is 1. The topological polar surface area (TPSA) is 41.8 Å². The van der Waals surface area contributed by atoms with E-state index >= 15 is 0 Å². The highest BCUT2D eigenvalue weighted by Crippen LogP contribution is 2.36. The van der Waals surface area contributed by atoms with Gasteiger partial charge in [-0.05, 0) is 37.0 Å². The number of aromatic amines is 1. The molecule has 1 atom stereocenters. The molecular weight excluding hydrogens is 255 g/mol. The maximum atomic E-state index is 6.19. The summed E-state index contributed by atoms with van der Waals surface area (Å²) in [7, 11) is 0. The number of hydrogen-bond donors (Lipinski definition) is 2. The molecule has 2 nitrogen and oxygen atoms in total. The molecule has 1 aromatic carbocycles. The molecule has 17 heavy (non-hydrogen) atoms. The summed E-state index contributed by atoms with van der Waals surface area (Å²) < 4.78 is 0. The van der Waals surface area contributed by atoms with Crippen LogP contribution in [0.15, 0.2) is 12.1 Å². The molecule has 0 saturated heterocycles. The largest absolute Gasteiger partial charge is 0.357 e. The molecule has 1 unspecified atom stereocenters. The molecule has 3 rings (SSSR count). The molecule has 0 radical (unpaired) electrons. The third kappa shape index (κ3) is 1.85. The van der Waals surface area contributed by atoms with Crippen molar-refractivity contribution in [2.45, 2.75) is 31.7 Å². The van der Waals surface area contributed by atoms with E-state index in [1.165, 1.54) is 23.8 Å². The van der Waals surface area contributed by atoms with Gasteiger partial charge in [-0.15, -0.1) is 0 Å². The number of hydrogen-bond acceptors (Lipinski definition) is 1.